The lowest BCUT2D eigenvalue weighted by atomic mass is 9.88. The Morgan fingerprint density at radius 1 is 0.862 bits per heavy atom. The van der Waals surface area contributed by atoms with Gasteiger partial charge in [-0.25, -0.2) is 0 Å². The summed E-state index contributed by atoms with van der Waals surface area (Å²) in [5.41, 5.74) is 2.41. The van der Waals surface area contributed by atoms with E-state index in [-0.39, 0.29) is 23.5 Å². The van der Waals surface area contributed by atoms with Crippen LogP contribution in [-0.2, 0) is 22.4 Å². The molecule has 154 valence electrons. The first kappa shape index (κ1) is 22.2. The highest BCUT2D eigenvalue weighted by atomic mass is 79.9. The molecule has 0 radical (unpaired) electrons. The number of carbonyl (C=O) groups is 2. The molecule has 0 spiro atoms. The minimum absolute atomic E-state index is 0.0154. The van der Waals surface area contributed by atoms with Crippen LogP contribution in [0.1, 0.15) is 24.0 Å². The highest BCUT2D eigenvalue weighted by Gasteiger charge is 2.36. The van der Waals surface area contributed by atoms with Gasteiger partial charge in [0.05, 0.1) is 5.92 Å². The molecule has 2 aromatic rings. The van der Waals surface area contributed by atoms with E-state index < -0.39 is 0 Å². The minimum Gasteiger partial charge on any atom is -0.355 e. The smallest absolute Gasteiger partial charge is 0.225 e. The summed E-state index contributed by atoms with van der Waals surface area (Å²) >= 11 is 6.86. The number of rotatable bonds is 9. The molecule has 1 heterocycles. The van der Waals surface area contributed by atoms with Crippen LogP contribution in [0.15, 0.2) is 57.5 Å². The van der Waals surface area contributed by atoms with E-state index in [0.29, 0.717) is 26.1 Å². The van der Waals surface area contributed by atoms with Gasteiger partial charge in [0.2, 0.25) is 5.91 Å². The van der Waals surface area contributed by atoms with E-state index in [1.165, 1.54) is 11.1 Å². The zero-order valence-electron chi connectivity index (χ0n) is 16.3. The van der Waals surface area contributed by atoms with Crippen LogP contribution < -0.4 is 10.6 Å². The van der Waals surface area contributed by atoms with E-state index in [2.05, 4.69) is 54.6 Å². The highest BCUT2D eigenvalue weighted by molar-refractivity contribution is 9.10. The van der Waals surface area contributed by atoms with Gasteiger partial charge in [-0.05, 0) is 54.7 Å². The second-order valence-electron chi connectivity index (χ2n) is 7.49. The number of hydrogen-bond donors (Lipinski definition) is 2. The molecule has 1 fully saturated rings. The van der Waals surface area contributed by atoms with Crippen molar-refractivity contribution in [3.8, 4) is 0 Å². The number of amides is 1. The normalized spacial score (nSPS) is 18.6. The number of Topliss-reactive ketones (excluding diaryl/α,β-unsaturated/α-hetero) is 1. The van der Waals surface area contributed by atoms with Crippen LogP contribution in [0.3, 0.4) is 0 Å². The van der Waals surface area contributed by atoms with Crippen LogP contribution in [0.2, 0.25) is 0 Å². The van der Waals surface area contributed by atoms with Crippen LogP contribution in [0.4, 0.5) is 0 Å². The van der Waals surface area contributed by atoms with Crippen molar-refractivity contribution in [2.24, 2.45) is 11.8 Å². The van der Waals surface area contributed by atoms with E-state index in [9.17, 15) is 9.59 Å². The maximum atomic E-state index is 12.7. The van der Waals surface area contributed by atoms with Crippen molar-refractivity contribution >= 4 is 43.6 Å². The predicted molar refractivity (Wildman–Crippen MR) is 123 cm³/mol. The first-order valence-corrected chi connectivity index (χ1v) is 11.6. The molecule has 2 aromatic carbocycles. The van der Waals surface area contributed by atoms with Gasteiger partial charge in [-0.3, -0.25) is 9.59 Å². The first-order valence-electron chi connectivity index (χ1n) is 10.0. The fourth-order valence-corrected chi connectivity index (χ4v) is 4.24. The fraction of sp³-hybridized carbons (Fsp3) is 0.391. The summed E-state index contributed by atoms with van der Waals surface area (Å²) in [5, 5.41) is 6.23. The predicted octanol–water partition coefficient (Wildman–Crippen LogP) is 4.30. The number of hydrogen-bond acceptors (Lipinski definition) is 3. The van der Waals surface area contributed by atoms with Crippen LogP contribution in [0.5, 0.6) is 0 Å². The molecule has 1 amide bonds. The SMILES string of the molecule is O=C(CCCc1ccc(Br)cc1)[C@@H]1CNC[C@H]1C(=O)NCCc1ccc(Br)cc1. The Morgan fingerprint density at radius 3 is 2.03 bits per heavy atom. The van der Waals surface area contributed by atoms with Crippen LogP contribution in [-0.4, -0.2) is 31.3 Å². The Bertz CT molecular complexity index is 752. The lowest BCUT2D eigenvalue weighted by Crippen LogP contribution is -2.38. The summed E-state index contributed by atoms with van der Waals surface area (Å²) in [4.78, 5) is 25.3. The number of ketones is 1. The van der Waals surface area contributed by atoms with Gasteiger partial charge in [-0.2, -0.15) is 0 Å². The molecular weight excluding hydrogens is 496 g/mol. The number of carbonyl (C=O) groups excluding carboxylic acids is 2. The summed E-state index contributed by atoms with van der Waals surface area (Å²) in [6.07, 6.45) is 2.99. The molecule has 6 heteroatoms. The van der Waals surface area contributed by atoms with Crippen molar-refractivity contribution in [3.63, 3.8) is 0 Å². The number of benzene rings is 2. The maximum absolute atomic E-state index is 12.7. The number of halogens is 2. The molecular formula is C23H26Br2N2O2. The third-order valence-corrected chi connectivity index (χ3v) is 6.45. The van der Waals surface area contributed by atoms with Crippen molar-refractivity contribution < 1.29 is 9.59 Å². The highest BCUT2D eigenvalue weighted by Crippen LogP contribution is 2.21. The van der Waals surface area contributed by atoms with Crippen LogP contribution >= 0.6 is 31.9 Å². The molecule has 4 nitrogen and oxygen atoms in total. The minimum atomic E-state index is -0.264. The molecule has 1 aliphatic heterocycles. The lowest BCUT2D eigenvalue weighted by Gasteiger charge is -2.17. The van der Waals surface area contributed by atoms with Crippen LogP contribution in [0, 0.1) is 11.8 Å². The van der Waals surface area contributed by atoms with E-state index in [1.807, 2.05) is 36.4 Å². The monoisotopic (exact) mass is 520 g/mol. The Kier molecular flexibility index (Phi) is 8.45. The van der Waals surface area contributed by atoms with Crippen LogP contribution in [0.25, 0.3) is 0 Å². The van der Waals surface area contributed by atoms with Gasteiger partial charge in [0.25, 0.3) is 0 Å². The molecule has 29 heavy (non-hydrogen) atoms. The average Bonchev–Trinajstić information content (AvgIpc) is 3.21. The molecule has 0 unspecified atom stereocenters. The van der Waals surface area contributed by atoms with Gasteiger partial charge in [-0.15, -0.1) is 0 Å². The lowest BCUT2D eigenvalue weighted by molar-refractivity contribution is -0.131. The zero-order valence-corrected chi connectivity index (χ0v) is 19.5. The van der Waals surface area contributed by atoms with E-state index >= 15 is 0 Å². The zero-order chi connectivity index (χ0) is 20.6. The molecule has 1 saturated heterocycles. The molecule has 0 aromatic heterocycles. The summed E-state index contributed by atoms with van der Waals surface area (Å²) < 4.78 is 2.10. The topological polar surface area (TPSA) is 58.2 Å². The third kappa shape index (κ3) is 6.76. The van der Waals surface area contributed by atoms with Gasteiger partial charge in [0, 0.05) is 40.9 Å². The molecule has 0 saturated carbocycles. The summed E-state index contributed by atoms with van der Waals surface area (Å²) in [7, 11) is 0. The largest absolute Gasteiger partial charge is 0.355 e. The molecule has 3 rings (SSSR count). The Balaban J connectivity index is 1.42. The molecule has 0 aliphatic carbocycles. The van der Waals surface area contributed by atoms with E-state index in [4.69, 9.17) is 0 Å². The van der Waals surface area contributed by atoms with Crippen molar-refractivity contribution in [1.29, 1.82) is 0 Å². The third-order valence-electron chi connectivity index (χ3n) is 5.39. The van der Waals surface area contributed by atoms with Crippen molar-refractivity contribution in [2.75, 3.05) is 19.6 Å². The second kappa shape index (κ2) is 11.0. The number of aryl methyl sites for hydroxylation is 1. The molecule has 1 aliphatic rings. The quantitative estimate of drug-likeness (QED) is 0.517. The Morgan fingerprint density at radius 2 is 1.41 bits per heavy atom. The number of nitrogens with one attached hydrogen (secondary N) is 2. The van der Waals surface area contributed by atoms with Gasteiger partial charge < -0.3 is 10.6 Å². The van der Waals surface area contributed by atoms with E-state index in [0.717, 1.165) is 28.2 Å². The summed E-state index contributed by atoms with van der Waals surface area (Å²) in [6.45, 7) is 1.76. The Hall–Kier alpha value is -1.50. The van der Waals surface area contributed by atoms with Gasteiger partial charge in [-0.1, -0.05) is 56.1 Å². The first-order chi connectivity index (χ1) is 14.0. The molecule has 2 N–H and O–H groups in total. The van der Waals surface area contributed by atoms with Gasteiger partial charge in [0.1, 0.15) is 5.78 Å². The summed E-state index contributed by atoms with van der Waals surface area (Å²) in [5.74, 6) is -0.300. The van der Waals surface area contributed by atoms with Crippen molar-refractivity contribution in [3.05, 3.63) is 68.6 Å². The Labute approximate surface area is 189 Å². The second-order valence-corrected chi connectivity index (χ2v) is 9.32. The molecule has 0 bridgehead atoms. The molecule has 2 atom stereocenters. The maximum Gasteiger partial charge on any atom is 0.225 e. The van der Waals surface area contributed by atoms with E-state index in [1.54, 1.807) is 0 Å². The average molecular weight is 522 g/mol. The summed E-state index contributed by atoms with van der Waals surface area (Å²) in [6, 6.07) is 16.3. The van der Waals surface area contributed by atoms with Crippen molar-refractivity contribution in [1.82, 2.24) is 10.6 Å². The van der Waals surface area contributed by atoms with Crippen molar-refractivity contribution in [2.45, 2.75) is 25.7 Å². The van der Waals surface area contributed by atoms with Gasteiger partial charge >= 0.3 is 0 Å². The standard InChI is InChI=1S/C23H26Br2N2O2/c24-18-8-4-16(5-9-18)2-1-3-22(28)20-14-26-15-21(20)23(29)27-13-12-17-6-10-19(25)11-7-17/h4-11,20-21,26H,1-3,12-15H2,(H,27,29)/t20-,21-/m1/s1. The van der Waals surface area contributed by atoms with Gasteiger partial charge in [0.15, 0.2) is 0 Å². The fourth-order valence-electron chi connectivity index (χ4n) is 3.71.